The molecule has 0 saturated heterocycles. The van der Waals surface area contributed by atoms with E-state index >= 15 is 0 Å². The van der Waals surface area contributed by atoms with Crippen LogP contribution < -0.4 is 0 Å². The molecule has 18 heavy (non-hydrogen) atoms. The molecule has 2 rings (SSSR count). The molecule has 2 aromatic rings. The highest BCUT2D eigenvalue weighted by atomic mass is 35.5. The summed E-state index contributed by atoms with van der Waals surface area (Å²) in [7, 11) is 0. The lowest BCUT2D eigenvalue weighted by Crippen LogP contribution is -2.04. The van der Waals surface area contributed by atoms with Gasteiger partial charge in [0.15, 0.2) is 5.78 Å². The van der Waals surface area contributed by atoms with Crippen LogP contribution in [0.5, 0.6) is 0 Å². The van der Waals surface area contributed by atoms with Crippen molar-refractivity contribution in [2.45, 2.75) is 6.42 Å². The molecule has 0 unspecified atom stereocenters. The van der Waals surface area contributed by atoms with Gasteiger partial charge in [0.25, 0.3) is 0 Å². The molecule has 0 bridgehead atoms. The molecule has 0 aliphatic rings. The van der Waals surface area contributed by atoms with Crippen LogP contribution in [0, 0.1) is 5.82 Å². The largest absolute Gasteiger partial charge is 0.294 e. The molecule has 2 nitrogen and oxygen atoms in total. The highest BCUT2D eigenvalue weighted by molar-refractivity contribution is 6.31. The molecule has 0 aliphatic carbocycles. The van der Waals surface area contributed by atoms with E-state index in [4.69, 9.17) is 23.2 Å². The molecule has 0 saturated carbocycles. The second-order valence-electron chi connectivity index (χ2n) is 3.70. The van der Waals surface area contributed by atoms with E-state index < -0.39 is 5.82 Å². The maximum absolute atomic E-state index is 13.2. The predicted molar refractivity (Wildman–Crippen MR) is 68.7 cm³/mol. The van der Waals surface area contributed by atoms with Crippen molar-refractivity contribution in [3.63, 3.8) is 0 Å². The number of ketones is 1. The Balaban J connectivity index is 2.22. The van der Waals surface area contributed by atoms with Gasteiger partial charge in [-0.15, -0.1) is 0 Å². The van der Waals surface area contributed by atoms with Gasteiger partial charge in [0.05, 0.1) is 10.0 Å². The zero-order valence-corrected chi connectivity index (χ0v) is 10.7. The maximum Gasteiger partial charge on any atom is 0.167 e. The smallest absolute Gasteiger partial charge is 0.167 e. The number of aromatic nitrogens is 1. The average molecular weight is 284 g/mol. The van der Waals surface area contributed by atoms with Gasteiger partial charge in [-0.25, -0.2) is 4.39 Å². The molecule has 1 aromatic carbocycles. The first-order valence-electron chi connectivity index (χ1n) is 5.14. The lowest BCUT2D eigenvalue weighted by Gasteiger charge is -2.04. The van der Waals surface area contributed by atoms with Crippen LogP contribution >= 0.6 is 23.2 Å². The van der Waals surface area contributed by atoms with Crippen molar-refractivity contribution in [3.05, 3.63) is 63.6 Å². The topological polar surface area (TPSA) is 30.0 Å². The third kappa shape index (κ3) is 2.86. The number of hydrogen-bond acceptors (Lipinski definition) is 2. The van der Waals surface area contributed by atoms with Crippen molar-refractivity contribution < 1.29 is 9.18 Å². The van der Waals surface area contributed by atoms with E-state index in [2.05, 4.69) is 4.98 Å². The number of hydrogen-bond donors (Lipinski definition) is 0. The molecule has 0 radical (unpaired) electrons. The third-order valence-electron chi connectivity index (χ3n) is 2.45. The lowest BCUT2D eigenvalue weighted by atomic mass is 10.0. The van der Waals surface area contributed by atoms with E-state index in [9.17, 15) is 9.18 Å². The number of halogens is 3. The number of benzene rings is 1. The van der Waals surface area contributed by atoms with Gasteiger partial charge in [-0.05, 0) is 29.8 Å². The molecule has 5 heteroatoms. The second kappa shape index (κ2) is 5.46. The Bertz CT molecular complexity index is 601. The fourth-order valence-electron chi connectivity index (χ4n) is 1.49. The summed E-state index contributed by atoms with van der Waals surface area (Å²) in [6, 6.07) is 5.63. The minimum absolute atomic E-state index is 0.00602. The normalized spacial score (nSPS) is 10.4. The molecule has 0 atom stereocenters. The van der Waals surface area contributed by atoms with Crippen LogP contribution in [0.3, 0.4) is 0 Å². The molecular weight excluding hydrogens is 276 g/mol. The van der Waals surface area contributed by atoms with Gasteiger partial charge in [0.1, 0.15) is 5.82 Å². The summed E-state index contributed by atoms with van der Waals surface area (Å²) >= 11 is 11.5. The Morgan fingerprint density at radius 1 is 1.22 bits per heavy atom. The monoisotopic (exact) mass is 283 g/mol. The SMILES string of the molecule is O=C(Cc1ccncc1Cl)c1ccc(Cl)c(F)c1. The Morgan fingerprint density at radius 3 is 2.67 bits per heavy atom. The second-order valence-corrected chi connectivity index (χ2v) is 4.51. The first-order valence-corrected chi connectivity index (χ1v) is 5.90. The first kappa shape index (κ1) is 13.0. The standard InChI is InChI=1S/C13H8Cl2FNO/c14-10-2-1-9(5-12(10)16)13(18)6-8-3-4-17-7-11(8)15/h1-5,7H,6H2. The summed E-state index contributed by atoms with van der Waals surface area (Å²) < 4.78 is 13.2. The van der Waals surface area contributed by atoms with E-state index in [0.717, 1.165) is 6.07 Å². The van der Waals surface area contributed by atoms with Crippen LogP contribution in [0.15, 0.2) is 36.7 Å². The fourth-order valence-corrected chi connectivity index (χ4v) is 1.80. The maximum atomic E-state index is 13.2. The van der Waals surface area contributed by atoms with Gasteiger partial charge < -0.3 is 0 Å². The van der Waals surface area contributed by atoms with Gasteiger partial charge in [-0.2, -0.15) is 0 Å². The van der Waals surface area contributed by atoms with Crippen molar-refractivity contribution in [2.75, 3.05) is 0 Å². The number of nitrogens with zero attached hydrogens (tertiary/aromatic N) is 1. The molecular formula is C13H8Cl2FNO. The molecule has 0 amide bonds. The summed E-state index contributed by atoms with van der Waals surface area (Å²) in [6.07, 6.45) is 3.12. The van der Waals surface area contributed by atoms with Crippen molar-refractivity contribution in [1.82, 2.24) is 4.98 Å². The summed E-state index contributed by atoms with van der Waals surface area (Å²) in [5.41, 5.74) is 0.928. The Kier molecular flexibility index (Phi) is 3.94. The fraction of sp³-hybridized carbons (Fsp3) is 0.0769. The Morgan fingerprint density at radius 2 is 2.00 bits per heavy atom. The van der Waals surface area contributed by atoms with E-state index in [-0.39, 0.29) is 22.8 Å². The van der Waals surface area contributed by atoms with Gasteiger partial charge in [0.2, 0.25) is 0 Å². The van der Waals surface area contributed by atoms with Crippen LogP contribution in [0.4, 0.5) is 4.39 Å². The summed E-state index contributed by atoms with van der Waals surface area (Å²) in [6.45, 7) is 0. The Hall–Kier alpha value is -1.45. The van der Waals surface area contributed by atoms with Crippen LogP contribution in [-0.4, -0.2) is 10.8 Å². The van der Waals surface area contributed by atoms with Crippen molar-refractivity contribution in [2.24, 2.45) is 0 Å². The minimum Gasteiger partial charge on any atom is -0.294 e. The molecule has 0 fully saturated rings. The summed E-state index contributed by atoms with van der Waals surface area (Å²) in [5.74, 6) is -0.831. The van der Waals surface area contributed by atoms with Crippen LogP contribution in [0.25, 0.3) is 0 Å². The van der Waals surface area contributed by atoms with Gasteiger partial charge >= 0.3 is 0 Å². The zero-order valence-electron chi connectivity index (χ0n) is 9.16. The number of pyridine rings is 1. The van der Waals surface area contributed by atoms with Crippen molar-refractivity contribution >= 4 is 29.0 Å². The number of carbonyl (C=O) groups is 1. The highest BCUT2D eigenvalue weighted by Gasteiger charge is 2.11. The summed E-state index contributed by atoms with van der Waals surface area (Å²) in [4.78, 5) is 15.8. The van der Waals surface area contributed by atoms with Crippen LogP contribution in [0.2, 0.25) is 10.0 Å². The molecule has 1 aromatic heterocycles. The zero-order chi connectivity index (χ0) is 13.1. The van der Waals surface area contributed by atoms with Gasteiger partial charge in [-0.3, -0.25) is 9.78 Å². The van der Waals surface area contributed by atoms with E-state index in [1.165, 1.54) is 18.3 Å². The number of Topliss-reactive ketones (excluding diaryl/α,β-unsaturated/α-hetero) is 1. The molecule has 0 aliphatic heterocycles. The third-order valence-corrected chi connectivity index (χ3v) is 3.10. The summed E-state index contributed by atoms with van der Waals surface area (Å²) in [5, 5.41) is 0.411. The number of rotatable bonds is 3. The van der Waals surface area contributed by atoms with E-state index in [0.29, 0.717) is 10.6 Å². The van der Waals surface area contributed by atoms with E-state index in [1.807, 2.05) is 0 Å². The molecule has 0 N–H and O–H groups in total. The van der Waals surface area contributed by atoms with Gasteiger partial charge in [0, 0.05) is 24.4 Å². The molecule has 1 heterocycles. The predicted octanol–water partition coefficient (Wildman–Crippen LogP) is 3.95. The van der Waals surface area contributed by atoms with Crippen LogP contribution in [0.1, 0.15) is 15.9 Å². The quantitative estimate of drug-likeness (QED) is 0.799. The minimum atomic E-state index is -0.608. The molecule has 0 spiro atoms. The first-order chi connectivity index (χ1) is 8.58. The van der Waals surface area contributed by atoms with E-state index in [1.54, 1.807) is 12.3 Å². The lowest BCUT2D eigenvalue weighted by molar-refractivity contribution is 0.0992. The van der Waals surface area contributed by atoms with Crippen LogP contribution in [-0.2, 0) is 6.42 Å². The van der Waals surface area contributed by atoms with Gasteiger partial charge in [-0.1, -0.05) is 23.2 Å². The highest BCUT2D eigenvalue weighted by Crippen LogP contribution is 2.19. The van der Waals surface area contributed by atoms with Crippen molar-refractivity contribution in [3.8, 4) is 0 Å². The average Bonchev–Trinajstić information content (AvgIpc) is 2.35. The van der Waals surface area contributed by atoms with Crippen molar-refractivity contribution in [1.29, 1.82) is 0 Å². The molecule has 92 valence electrons. The number of carbonyl (C=O) groups excluding carboxylic acids is 1. The Labute approximate surface area is 113 Å².